The van der Waals surface area contributed by atoms with Crippen LogP contribution in [0.4, 0.5) is 0 Å². The maximum absolute atomic E-state index is 3.92. The third-order valence-electron chi connectivity index (χ3n) is 2.59. The average Bonchev–Trinajstić information content (AvgIpc) is 2.22. The minimum atomic E-state index is 0.140. The molecule has 1 nitrogen and oxygen atoms in total. The zero-order valence-electron chi connectivity index (χ0n) is 9.39. The topological polar surface area (TPSA) is 12.0 Å². The molecule has 0 bridgehead atoms. The Kier molecular flexibility index (Phi) is 4.80. The van der Waals surface area contributed by atoms with E-state index in [0.717, 1.165) is 13.0 Å². The van der Waals surface area contributed by atoms with Gasteiger partial charge in [0.05, 0.1) is 0 Å². The van der Waals surface area contributed by atoms with Crippen LogP contribution in [-0.4, -0.2) is 13.6 Å². The maximum Gasteiger partial charge on any atom is 0.0130 e. The summed E-state index contributed by atoms with van der Waals surface area (Å²) in [7, 11) is 1.98. The van der Waals surface area contributed by atoms with Crippen LogP contribution in [-0.2, 0) is 6.42 Å². The lowest BCUT2D eigenvalue weighted by Gasteiger charge is -2.25. The van der Waals surface area contributed by atoms with Gasteiger partial charge in [0.2, 0.25) is 0 Å². The molecule has 0 aliphatic carbocycles. The van der Waals surface area contributed by atoms with Crippen LogP contribution in [0.5, 0.6) is 0 Å². The smallest absolute Gasteiger partial charge is 0.0130 e. The Morgan fingerprint density at radius 1 is 1.40 bits per heavy atom. The van der Waals surface area contributed by atoms with Crippen molar-refractivity contribution in [1.29, 1.82) is 0 Å². The van der Waals surface area contributed by atoms with Gasteiger partial charge in [-0.1, -0.05) is 25.1 Å². The molecule has 1 unspecified atom stereocenters. The maximum atomic E-state index is 3.92. The lowest BCUT2D eigenvalue weighted by molar-refractivity contribution is 0.406. The van der Waals surface area contributed by atoms with Crippen molar-refractivity contribution in [3.63, 3.8) is 0 Å². The standard InChI is InChI=1S/C13H18IN/c1-4-13(2,10-15-3)9-11-5-7-12(14)8-6-11/h4-8,15H,1,9-10H2,2-3H3. The molecular formula is C13H18IN. The Morgan fingerprint density at radius 2 is 2.00 bits per heavy atom. The summed E-state index contributed by atoms with van der Waals surface area (Å²) in [6.07, 6.45) is 3.08. The second-order valence-electron chi connectivity index (χ2n) is 4.19. The van der Waals surface area contributed by atoms with Gasteiger partial charge in [-0.25, -0.2) is 0 Å². The summed E-state index contributed by atoms with van der Waals surface area (Å²) < 4.78 is 1.28. The fourth-order valence-corrected chi connectivity index (χ4v) is 2.04. The van der Waals surface area contributed by atoms with E-state index in [-0.39, 0.29) is 5.41 Å². The molecule has 0 aliphatic heterocycles. The monoisotopic (exact) mass is 315 g/mol. The SMILES string of the molecule is C=CC(C)(CNC)Cc1ccc(I)cc1. The van der Waals surface area contributed by atoms with Gasteiger partial charge in [0.25, 0.3) is 0 Å². The highest BCUT2D eigenvalue weighted by Crippen LogP contribution is 2.23. The molecular weight excluding hydrogens is 297 g/mol. The fourth-order valence-electron chi connectivity index (χ4n) is 1.68. The highest BCUT2D eigenvalue weighted by Gasteiger charge is 2.19. The van der Waals surface area contributed by atoms with Crippen molar-refractivity contribution in [1.82, 2.24) is 5.32 Å². The molecule has 0 spiro atoms. The van der Waals surface area contributed by atoms with Crippen molar-refractivity contribution >= 4 is 22.6 Å². The fraction of sp³-hybridized carbons (Fsp3) is 0.385. The molecule has 1 aromatic carbocycles. The normalized spacial score (nSPS) is 14.6. The first-order valence-electron chi connectivity index (χ1n) is 5.12. The van der Waals surface area contributed by atoms with Gasteiger partial charge in [-0.05, 0) is 53.8 Å². The number of hydrogen-bond acceptors (Lipinski definition) is 1. The lowest BCUT2D eigenvalue weighted by atomic mass is 9.84. The summed E-state index contributed by atoms with van der Waals surface area (Å²) in [5.41, 5.74) is 1.51. The van der Waals surface area contributed by atoms with Gasteiger partial charge in [0.15, 0.2) is 0 Å². The van der Waals surface area contributed by atoms with Crippen LogP contribution < -0.4 is 5.32 Å². The van der Waals surface area contributed by atoms with Crippen LogP contribution in [0.15, 0.2) is 36.9 Å². The van der Waals surface area contributed by atoms with E-state index in [1.54, 1.807) is 0 Å². The molecule has 0 heterocycles. The quantitative estimate of drug-likeness (QED) is 0.650. The van der Waals surface area contributed by atoms with E-state index < -0.39 is 0 Å². The van der Waals surface area contributed by atoms with E-state index in [4.69, 9.17) is 0 Å². The van der Waals surface area contributed by atoms with Crippen LogP contribution in [0.25, 0.3) is 0 Å². The predicted molar refractivity (Wildman–Crippen MR) is 75.1 cm³/mol. The lowest BCUT2D eigenvalue weighted by Crippen LogP contribution is -2.29. The van der Waals surface area contributed by atoms with E-state index in [1.165, 1.54) is 9.13 Å². The zero-order valence-corrected chi connectivity index (χ0v) is 11.5. The molecule has 1 rings (SSSR count). The Labute approximate surface area is 106 Å². The summed E-state index contributed by atoms with van der Waals surface area (Å²) in [6.45, 7) is 7.12. The average molecular weight is 315 g/mol. The van der Waals surface area contributed by atoms with Crippen molar-refractivity contribution in [2.75, 3.05) is 13.6 Å². The molecule has 0 aliphatic rings. The van der Waals surface area contributed by atoms with Gasteiger partial charge in [-0.3, -0.25) is 0 Å². The van der Waals surface area contributed by atoms with E-state index in [9.17, 15) is 0 Å². The number of rotatable bonds is 5. The summed E-state index contributed by atoms with van der Waals surface area (Å²) in [6, 6.07) is 8.69. The molecule has 2 heteroatoms. The Morgan fingerprint density at radius 3 is 2.47 bits per heavy atom. The predicted octanol–water partition coefficient (Wildman–Crippen LogP) is 3.25. The summed E-state index contributed by atoms with van der Waals surface area (Å²) >= 11 is 2.33. The summed E-state index contributed by atoms with van der Waals surface area (Å²) in [5, 5.41) is 3.22. The number of hydrogen-bond donors (Lipinski definition) is 1. The zero-order chi connectivity index (χ0) is 11.3. The number of benzene rings is 1. The van der Waals surface area contributed by atoms with Gasteiger partial charge in [-0.2, -0.15) is 0 Å². The first kappa shape index (κ1) is 12.7. The van der Waals surface area contributed by atoms with E-state index in [0.29, 0.717) is 0 Å². The third-order valence-corrected chi connectivity index (χ3v) is 3.31. The molecule has 0 saturated heterocycles. The first-order chi connectivity index (χ1) is 7.09. The summed E-state index contributed by atoms with van der Waals surface area (Å²) in [4.78, 5) is 0. The van der Waals surface area contributed by atoms with E-state index in [2.05, 4.69) is 65.7 Å². The second-order valence-corrected chi connectivity index (χ2v) is 5.44. The molecule has 15 heavy (non-hydrogen) atoms. The summed E-state index contributed by atoms with van der Waals surface area (Å²) in [5.74, 6) is 0. The van der Waals surface area contributed by atoms with Crippen molar-refractivity contribution < 1.29 is 0 Å². The van der Waals surface area contributed by atoms with Crippen molar-refractivity contribution in [2.24, 2.45) is 5.41 Å². The molecule has 0 radical (unpaired) electrons. The van der Waals surface area contributed by atoms with E-state index >= 15 is 0 Å². The Balaban J connectivity index is 2.74. The molecule has 1 N–H and O–H groups in total. The van der Waals surface area contributed by atoms with Crippen molar-refractivity contribution in [3.8, 4) is 0 Å². The van der Waals surface area contributed by atoms with Gasteiger partial charge in [0, 0.05) is 15.5 Å². The molecule has 1 aromatic rings. The number of halogens is 1. The van der Waals surface area contributed by atoms with Gasteiger partial charge in [0.1, 0.15) is 0 Å². The van der Waals surface area contributed by atoms with E-state index in [1.807, 2.05) is 13.1 Å². The minimum Gasteiger partial charge on any atom is -0.319 e. The number of nitrogens with one attached hydrogen (secondary N) is 1. The van der Waals surface area contributed by atoms with Crippen LogP contribution in [0.3, 0.4) is 0 Å². The molecule has 0 fully saturated rings. The highest BCUT2D eigenvalue weighted by atomic mass is 127. The molecule has 0 aromatic heterocycles. The molecule has 1 atom stereocenters. The van der Waals surface area contributed by atoms with Crippen LogP contribution >= 0.6 is 22.6 Å². The van der Waals surface area contributed by atoms with Crippen molar-refractivity contribution in [2.45, 2.75) is 13.3 Å². The molecule has 0 amide bonds. The molecule has 0 saturated carbocycles. The van der Waals surface area contributed by atoms with Crippen LogP contribution in [0, 0.1) is 8.99 Å². The minimum absolute atomic E-state index is 0.140. The Hall–Kier alpha value is -0.350. The first-order valence-corrected chi connectivity index (χ1v) is 6.20. The van der Waals surface area contributed by atoms with Crippen LogP contribution in [0.1, 0.15) is 12.5 Å². The molecule has 82 valence electrons. The van der Waals surface area contributed by atoms with Gasteiger partial charge >= 0.3 is 0 Å². The van der Waals surface area contributed by atoms with Gasteiger partial charge < -0.3 is 5.32 Å². The largest absolute Gasteiger partial charge is 0.319 e. The second kappa shape index (κ2) is 5.66. The van der Waals surface area contributed by atoms with Crippen LogP contribution in [0.2, 0.25) is 0 Å². The third kappa shape index (κ3) is 3.95. The van der Waals surface area contributed by atoms with Gasteiger partial charge in [-0.15, -0.1) is 6.58 Å². The Bertz CT molecular complexity index is 318. The van der Waals surface area contributed by atoms with Crippen molar-refractivity contribution in [3.05, 3.63) is 46.1 Å². The highest BCUT2D eigenvalue weighted by molar-refractivity contribution is 14.1.